The zero-order valence-electron chi connectivity index (χ0n) is 17.6. The maximum atomic E-state index is 13.3. The van der Waals surface area contributed by atoms with Crippen LogP contribution in [0.5, 0.6) is 0 Å². The smallest absolute Gasteiger partial charge is 0.257 e. The third kappa shape index (κ3) is 3.41. The molecule has 3 heterocycles. The van der Waals surface area contributed by atoms with Gasteiger partial charge in [-0.1, -0.05) is 32.0 Å². The van der Waals surface area contributed by atoms with Gasteiger partial charge in [0.1, 0.15) is 5.66 Å². The van der Waals surface area contributed by atoms with Gasteiger partial charge in [0.2, 0.25) is 11.8 Å². The summed E-state index contributed by atoms with van der Waals surface area (Å²) in [5, 5.41) is 5.13. The van der Waals surface area contributed by atoms with Crippen LogP contribution in [0.1, 0.15) is 61.3 Å². The summed E-state index contributed by atoms with van der Waals surface area (Å²) in [5.74, 6) is 0.0692. The van der Waals surface area contributed by atoms with Crippen molar-refractivity contribution in [2.45, 2.75) is 51.7 Å². The van der Waals surface area contributed by atoms with Crippen LogP contribution >= 0.6 is 11.3 Å². The quantitative estimate of drug-likeness (QED) is 0.762. The molecule has 2 atom stereocenters. The van der Waals surface area contributed by atoms with Crippen molar-refractivity contribution in [1.82, 2.24) is 10.2 Å². The fraction of sp³-hybridized carbons (Fsp3) is 0.435. The molecule has 2 aliphatic rings. The van der Waals surface area contributed by atoms with Crippen LogP contribution in [0.3, 0.4) is 0 Å². The maximum absolute atomic E-state index is 13.3. The average molecular weight is 426 g/mol. The lowest BCUT2D eigenvalue weighted by atomic mass is 9.98. The van der Waals surface area contributed by atoms with Gasteiger partial charge in [0.25, 0.3) is 5.91 Å². The molecule has 158 valence electrons. The van der Waals surface area contributed by atoms with Crippen LogP contribution in [0.2, 0.25) is 0 Å². The van der Waals surface area contributed by atoms with Crippen LogP contribution < -0.4 is 10.2 Å². The first kappa shape index (κ1) is 20.6. The van der Waals surface area contributed by atoms with Crippen molar-refractivity contribution in [1.29, 1.82) is 0 Å². The van der Waals surface area contributed by atoms with E-state index in [0.29, 0.717) is 24.1 Å². The molecule has 0 aliphatic carbocycles. The number of para-hydroxylation sites is 1. The van der Waals surface area contributed by atoms with E-state index in [9.17, 15) is 14.4 Å². The Morgan fingerprint density at radius 1 is 1.20 bits per heavy atom. The summed E-state index contributed by atoms with van der Waals surface area (Å²) in [6, 6.07) is 11.2. The third-order valence-corrected chi connectivity index (χ3v) is 7.10. The number of carbonyl (C=O) groups is 3. The molecule has 6 nitrogen and oxygen atoms in total. The lowest BCUT2D eigenvalue weighted by Gasteiger charge is -2.48. The van der Waals surface area contributed by atoms with E-state index in [-0.39, 0.29) is 42.6 Å². The Balaban J connectivity index is 1.52. The molecule has 0 bridgehead atoms. The first-order valence-electron chi connectivity index (χ1n) is 10.4. The van der Waals surface area contributed by atoms with Crippen LogP contribution in [0.4, 0.5) is 5.69 Å². The molecule has 1 fully saturated rings. The van der Waals surface area contributed by atoms with E-state index in [2.05, 4.69) is 19.2 Å². The van der Waals surface area contributed by atoms with Crippen molar-refractivity contribution in [3.63, 3.8) is 0 Å². The lowest BCUT2D eigenvalue weighted by Crippen LogP contribution is -2.62. The van der Waals surface area contributed by atoms with E-state index in [1.807, 2.05) is 36.6 Å². The summed E-state index contributed by atoms with van der Waals surface area (Å²) in [7, 11) is 0. The van der Waals surface area contributed by atoms with Gasteiger partial charge < -0.3 is 10.2 Å². The molecule has 1 aromatic heterocycles. The minimum atomic E-state index is -0.728. The highest BCUT2D eigenvalue weighted by Crippen LogP contribution is 2.44. The molecule has 0 radical (unpaired) electrons. The normalized spacial score (nSPS) is 21.6. The monoisotopic (exact) mass is 425 g/mol. The Kier molecular flexibility index (Phi) is 5.40. The fourth-order valence-electron chi connectivity index (χ4n) is 4.54. The molecule has 0 spiro atoms. The van der Waals surface area contributed by atoms with Crippen molar-refractivity contribution in [2.24, 2.45) is 5.92 Å². The van der Waals surface area contributed by atoms with Crippen LogP contribution in [-0.2, 0) is 9.59 Å². The number of hydrogen-bond donors (Lipinski definition) is 1. The van der Waals surface area contributed by atoms with Gasteiger partial charge in [0, 0.05) is 24.3 Å². The highest BCUT2D eigenvalue weighted by molar-refractivity contribution is 7.10. The molecular weight excluding hydrogens is 398 g/mol. The summed E-state index contributed by atoms with van der Waals surface area (Å²) in [5.41, 5.74) is 0.462. The Morgan fingerprint density at radius 2 is 1.97 bits per heavy atom. The van der Waals surface area contributed by atoms with Gasteiger partial charge in [0.05, 0.1) is 17.3 Å². The average Bonchev–Trinajstić information content (AvgIpc) is 3.34. The highest BCUT2D eigenvalue weighted by atomic mass is 32.1. The van der Waals surface area contributed by atoms with E-state index in [1.165, 1.54) is 0 Å². The zero-order chi connectivity index (χ0) is 21.5. The molecule has 2 aromatic rings. The summed E-state index contributed by atoms with van der Waals surface area (Å²) in [6.45, 7) is 6.36. The Labute approximate surface area is 180 Å². The summed E-state index contributed by atoms with van der Waals surface area (Å²) in [6.07, 6.45) is 1.16. The number of hydrogen-bond acceptors (Lipinski definition) is 4. The number of thiophene rings is 1. The topological polar surface area (TPSA) is 69.7 Å². The number of nitrogens with zero attached hydrogens (tertiary/aromatic N) is 2. The Morgan fingerprint density at radius 3 is 2.67 bits per heavy atom. The summed E-state index contributed by atoms with van der Waals surface area (Å²) < 4.78 is 0. The minimum absolute atomic E-state index is 0.0180. The van der Waals surface area contributed by atoms with E-state index in [4.69, 9.17) is 0 Å². The molecule has 30 heavy (non-hydrogen) atoms. The van der Waals surface area contributed by atoms with Gasteiger partial charge in [-0.05, 0) is 42.8 Å². The molecule has 0 unspecified atom stereocenters. The van der Waals surface area contributed by atoms with E-state index in [1.54, 1.807) is 33.3 Å². The molecule has 4 rings (SSSR count). The lowest BCUT2D eigenvalue weighted by molar-refractivity contribution is -0.122. The third-order valence-electron chi connectivity index (χ3n) is 6.14. The molecule has 7 heteroatoms. The van der Waals surface area contributed by atoms with Gasteiger partial charge in [0.15, 0.2) is 0 Å². The van der Waals surface area contributed by atoms with Crippen molar-refractivity contribution in [3.8, 4) is 0 Å². The molecule has 2 aliphatic heterocycles. The van der Waals surface area contributed by atoms with Gasteiger partial charge in [-0.2, -0.15) is 0 Å². The minimum Gasteiger partial charge on any atom is -0.348 e. The first-order chi connectivity index (χ1) is 14.3. The fourth-order valence-corrected chi connectivity index (χ4v) is 5.48. The molecular formula is C23H27N3O3S. The number of benzene rings is 1. The molecule has 0 saturated carbocycles. The predicted octanol–water partition coefficient (Wildman–Crippen LogP) is 3.95. The van der Waals surface area contributed by atoms with Crippen LogP contribution in [0.15, 0.2) is 41.8 Å². The SMILES string of the molecule is CC(C)[C@H](NC(=O)CCN1C(=O)c2ccccc2N2C(=O)CC[C@]12C)c1cccs1. The molecule has 1 saturated heterocycles. The second-order valence-electron chi connectivity index (χ2n) is 8.47. The van der Waals surface area contributed by atoms with Crippen molar-refractivity contribution >= 4 is 34.7 Å². The number of fused-ring (bicyclic) bond motifs is 3. The Bertz CT molecular complexity index is 972. The van der Waals surface area contributed by atoms with Gasteiger partial charge in [-0.3, -0.25) is 19.3 Å². The van der Waals surface area contributed by atoms with E-state index >= 15 is 0 Å². The predicted molar refractivity (Wildman–Crippen MR) is 117 cm³/mol. The van der Waals surface area contributed by atoms with Gasteiger partial charge in [-0.15, -0.1) is 11.3 Å². The van der Waals surface area contributed by atoms with Gasteiger partial charge in [-0.25, -0.2) is 0 Å². The number of amides is 3. The van der Waals surface area contributed by atoms with Crippen LogP contribution in [0, 0.1) is 5.92 Å². The number of anilines is 1. The molecule has 1 aromatic carbocycles. The van der Waals surface area contributed by atoms with Crippen molar-refractivity contribution in [3.05, 3.63) is 52.2 Å². The van der Waals surface area contributed by atoms with E-state index < -0.39 is 5.66 Å². The van der Waals surface area contributed by atoms with E-state index in [0.717, 1.165) is 4.88 Å². The zero-order valence-corrected chi connectivity index (χ0v) is 18.4. The van der Waals surface area contributed by atoms with Crippen molar-refractivity contribution in [2.75, 3.05) is 11.4 Å². The second kappa shape index (κ2) is 7.87. The number of rotatable bonds is 6. The highest BCUT2D eigenvalue weighted by Gasteiger charge is 2.52. The summed E-state index contributed by atoms with van der Waals surface area (Å²) in [4.78, 5) is 43.2. The van der Waals surface area contributed by atoms with Gasteiger partial charge >= 0.3 is 0 Å². The summed E-state index contributed by atoms with van der Waals surface area (Å²) >= 11 is 1.63. The maximum Gasteiger partial charge on any atom is 0.257 e. The number of carbonyl (C=O) groups excluding carboxylic acids is 3. The first-order valence-corrected chi connectivity index (χ1v) is 11.3. The standard InChI is InChI=1S/C23H27N3O3S/c1-15(2)21(18-9-6-14-30-18)24-19(27)11-13-25-22(29)16-7-4-5-8-17(16)26-20(28)10-12-23(25,26)3/h4-9,14-15,21H,10-13H2,1-3H3,(H,24,27)/t21-,23+/m0/s1. The molecule has 1 N–H and O–H groups in total. The largest absolute Gasteiger partial charge is 0.348 e. The van der Waals surface area contributed by atoms with Crippen LogP contribution in [-0.4, -0.2) is 34.8 Å². The van der Waals surface area contributed by atoms with Crippen LogP contribution in [0.25, 0.3) is 0 Å². The van der Waals surface area contributed by atoms with Crippen molar-refractivity contribution < 1.29 is 14.4 Å². The second-order valence-corrected chi connectivity index (χ2v) is 9.45. The number of nitrogens with one attached hydrogen (secondary N) is 1. The molecule has 3 amide bonds. The Hall–Kier alpha value is -2.67.